The van der Waals surface area contributed by atoms with Crippen molar-refractivity contribution in [1.29, 1.82) is 0 Å². The number of nitrogens with one attached hydrogen (secondary N) is 1. The highest BCUT2D eigenvalue weighted by atomic mass is 15.6. The first-order valence-corrected chi connectivity index (χ1v) is 4.93. The Morgan fingerprint density at radius 1 is 1.57 bits per heavy atom. The number of hydrogen-bond acceptors (Lipinski definition) is 5. The summed E-state index contributed by atoms with van der Waals surface area (Å²) in [6.07, 6.45) is 0. The van der Waals surface area contributed by atoms with E-state index in [1.165, 1.54) is 4.80 Å². The zero-order valence-corrected chi connectivity index (χ0v) is 8.64. The maximum atomic E-state index is 4.17. The van der Waals surface area contributed by atoms with E-state index in [0.29, 0.717) is 6.04 Å². The first kappa shape index (κ1) is 9.54. The van der Waals surface area contributed by atoms with E-state index < -0.39 is 0 Å². The average Bonchev–Trinajstić information content (AvgIpc) is 2.56. The Morgan fingerprint density at radius 2 is 2.43 bits per heavy atom. The van der Waals surface area contributed by atoms with Gasteiger partial charge in [-0.05, 0) is 12.1 Å². The molecule has 6 heteroatoms. The molecule has 0 aromatic carbocycles. The second-order valence-electron chi connectivity index (χ2n) is 3.72. The molecular weight excluding hydrogens is 180 g/mol. The molecule has 0 radical (unpaired) electrons. The molecule has 0 saturated carbocycles. The topological polar surface area (TPSA) is 58.9 Å². The van der Waals surface area contributed by atoms with Crippen molar-refractivity contribution in [2.75, 3.05) is 19.6 Å². The molecule has 1 fully saturated rings. The van der Waals surface area contributed by atoms with Crippen molar-refractivity contribution in [2.45, 2.75) is 19.5 Å². The Kier molecular flexibility index (Phi) is 2.74. The second-order valence-corrected chi connectivity index (χ2v) is 3.72. The van der Waals surface area contributed by atoms with Crippen LogP contribution >= 0.6 is 0 Å². The number of aromatic nitrogens is 4. The molecule has 1 aliphatic heterocycles. The lowest BCUT2D eigenvalue weighted by molar-refractivity contribution is 0.161. The Bertz CT molecular complexity index is 296. The van der Waals surface area contributed by atoms with Crippen LogP contribution in [0.2, 0.25) is 0 Å². The third-order valence-corrected chi connectivity index (χ3v) is 2.53. The lowest BCUT2D eigenvalue weighted by atomic mass is 10.2. The van der Waals surface area contributed by atoms with Crippen LogP contribution in [0.5, 0.6) is 0 Å². The van der Waals surface area contributed by atoms with Crippen LogP contribution in [0.4, 0.5) is 0 Å². The molecule has 6 nitrogen and oxygen atoms in total. The molecule has 0 bridgehead atoms. The van der Waals surface area contributed by atoms with Crippen molar-refractivity contribution in [3.63, 3.8) is 0 Å². The van der Waals surface area contributed by atoms with E-state index in [1.54, 1.807) is 7.05 Å². The van der Waals surface area contributed by atoms with Crippen LogP contribution in [0.25, 0.3) is 0 Å². The molecule has 1 unspecified atom stereocenters. The SMILES string of the molecule is CC1CNCCN1Cc1nnn(C)n1. The normalized spacial score (nSPS) is 24.0. The standard InChI is InChI=1S/C8H16N6/c1-7-5-9-3-4-14(7)6-8-10-12-13(2)11-8/h7,9H,3-6H2,1-2H3. The summed E-state index contributed by atoms with van der Waals surface area (Å²) in [5, 5.41) is 15.3. The van der Waals surface area contributed by atoms with Gasteiger partial charge in [0.2, 0.25) is 0 Å². The van der Waals surface area contributed by atoms with Crippen LogP contribution in [0.1, 0.15) is 12.7 Å². The zero-order chi connectivity index (χ0) is 9.97. The van der Waals surface area contributed by atoms with E-state index in [4.69, 9.17) is 0 Å². The van der Waals surface area contributed by atoms with Gasteiger partial charge in [0.15, 0.2) is 5.82 Å². The maximum absolute atomic E-state index is 4.17. The fraction of sp³-hybridized carbons (Fsp3) is 0.875. The van der Waals surface area contributed by atoms with Crippen LogP contribution in [0, 0.1) is 0 Å². The summed E-state index contributed by atoms with van der Waals surface area (Å²) >= 11 is 0. The number of tetrazole rings is 1. The minimum absolute atomic E-state index is 0.549. The fourth-order valence-electron chi connectivity index (χ4n) is 1.69. The molecule has 1 atom stereocenters. The fourth-order valence-corrected chi connectivity index (χ4v) is 1.69. The van der Waals surface area contributed by atoms with Crippen molar-refractivity contribution in [3.8, 4) is 0 Å². The summed E-state index contributed by atoms with van der Waals surface area (Å²) in [5.41, 5.74) is 0. The van der Waals surface area contributed by atoms with E-state index >= 15 is 0 Å². The van der Waals surface area contributed by atoms with E-state index in [0.717, 1.165) is 32.0 Å². The molecule has 0 spiro atoms. The monoisotopic (exact) mass is 196 g/mol. The Balaban J connectivity index is 1.95. The van der Waals surface area contributed by atoms with Gasteiger partial charge in [0.25, 0.3) is 0 Å². The molecule has 1 aromatic heterocycles. The molecule has 0 amide bonds. The van der Waals surface area contributed by atoms with Gasteiger partial charge in [-0.15, -0.1) is 10.2 Å². The van der Waals surface area contributed by atoms with Gasteiger partial charge in [0.05, 0.1) is 13.6 Å². The van der Waals surface area contributed by atoms with Crippen LogP contribution in [0.15, 0.2) is 0 Å². The van der Waals surface area contributed by atoms with Crippen LogP contribution in [0.3, 0.4) is 0 Å². The van der Waals surface area contributed by atoms with Gasteiger partial charge < -0.3 is 5.32 Å². The second kappa shape index (κ2) is 4.02. The molecule has 1 saturated heterocycles. The van der Waals surface area contributed by atoms with Gasteiger partial charge >= 0.3 is 0 Å². The summed E-state index contributed by atoms with van der Waals surface area (Å²) in [4.78, 5) is 3.87. The smallest absolute Gasteiger partial charge is 0.188 e. The predicted molar refractivity (Wildman–Crippen MR) is 51.5 cm³/mol. The maximum Gasteiger partial charge on any atom is 0.188 e. The van der Waals surface area contributed by atoms with Crippen molar-refractivity contribution >= 4 is 0 Å². The largest absolute Gasteiger partial charge is 0.314 e. The highest BCUT2D eigenvalue weighted by molar-refractivity contribution is 4.83. The molecule has 2 heterocycles. The Labute approximate surface area is 83.3 Å². The lowest BCUT2D eigenvalue weighted by Gasteiger charge is -2.32. The van der Waals surface area contributed by atoms with Gasteiger partial charge in [-0.25, -0.2) is 0 Å². The van der Waals surface area contributed by atoms with E-state index in [2.05, 4.69) is 32.6 Å². The number of rotatable bonds is 2. The minimum Gasteiger partial charge on any atom is -0.314 e. The van der Waals surface area contributed by atoms with Crippen LogP contribution < -0.4 is 5.32 Å². The van der Waals surface area contributed by atoms with E-state index in [-0.39, 0.29) is 0 Å². The van der Waals surface area contributed by atoms with E-state index in [9.17, 15) is 0 Å². The third-order valence-electron chi connectivity index (χ3n) is 2.53. The summed E-state index contributed by atoms with van der Waals surface area (Å²) in [7, 11) is 1.79. The van der Waals surface area contributed by atoms with Crippen LogP contribution in [-0.4, -0.2) is 50.8 Å². The Hall–Kier alpha value is -1.01. The number of nitrogens with zero attached hydrogens (tertiary/aromatic N) is 5. The molecule has 1 aromatic rings. The Morgan fingerprint density at radius 3 is 3.07 bits per heavy atom. The van der Waals surface area contributed by atoms with Gasteiger partial charge in [0.1, 0.15) is 0 Å². The predicted octanol–water partition coefficient (Wildman–Crippen LogP) is -0.996. The first-order chi connectivity index (χ1) is 6.75. The quantitative estimate of drug-likeness (QED) is 0.657. The molecule has 2 rings (SSSR count). The van der Waals surface area contributed by atoms with Crippen LogP contribution in [-0.2, 0) is 13.6 Å². The minimum atomic E-state index is 0.549. The third kappa shape index (κ3) is 2.08. The molecule has 0 aliphatic carbocycles. The molecule has 1 aliphatic rings. The van der Waals surface area contributed by atoms with Gasteiger partial charge in [-0.3, -0.25) is 4.90 Å². The summed E-state index contributed by atoms with van der Waals surface area (Å²) < 4.78 is 0. The summed E-state index contributed by atoms with van der Waals surface area (Å²) in [5.74, 6) is 0.807. The zero-order valence-electron chi connectivity index (χ0n) is 8.64. The first-order valence-electron chi connectivity index (χ1n) is 4.93. The van der Waals surface area contributed by atoms with Gasteiger partial charge in [-0.1, -0.05) is 0 Å². The van der Waals surface area contributed by atoms with Gasteiger partial charge in [-0.2, -0.15) is 4.80 Å². The number of piperazine rings is 1. The van der Waals surface area contributed by atoms with Crippen molar-refractivity contribution in [1.82, 2.24) is 30.4 Å². The van der Waals surface area contributed by atoms with Crippen molar-refractivity contribution in [3.05, 3.63) is 5.82 Å². The highest BCUT2D eigenvalue weighted by Gasteiger charge is 2.19. The molecule has 1 N–H and O–H groups in total. The summed E-state index contributed by atoms with van der Waals surface area (Å²) in [6, 6.07) is 0.549. The number of aryl methyl sites for hydroxylation is 1. The highest BCUT2D eigenvalue weighted by Crippen LogP contribution is 2.05. The molecule has 14 heavy (non-hydrogen) atoms. The number of hydrogen-bond donors (Lipinski definition) is 1. The van der Waals surface area contributed by atoms with Crippen molar-refractivity contribution < 1.29 is 0 Å². The average molecular weight is 196 g/mol. The molecule has 78 valence electrons. The van der Waals surface area contributed by atoms with Gasteiger partial charge in [0, 0.05) is 25.7 Å². The van der Waals surface area contributed by atoms with Crippen molar-refractivity contribution in [2.24, 2.45) is 7.05 Å². The lowest BCUT2D eigenvalue weighted by Crippen LogP contribution is -2.49. The summed E-state index contributed by atoms with van der Waals surface area (Å²) in [6.45, 7) is 6.16. The van der Waals surface area contributed by atoms with E-state index in [1.807, 2.05) is 0 Å². The molecular formula is C8H16N6.